The number of piperidine rings is 2. The SMILES string of the molecule is ClC1CCCC(Cl)C1C1NC2C3CCCNC3NC3NCCCC3C2N1. The van der Waals surface area contributed by atoms with Gasteiger partial charge in [0, 0.05) is 40.6 Å². The van der Waals surface area contributed by atoms with Crippen LogP contribution < -0.4 is 26.6 Å². The molecule has 5 N–H and O–H groups in total. The molecule has 0 aromatic rings. The van der Waals surface area contributed by atoms with E-state index in [0.717, 1.165) is 32.4 Å². The summed E-state index contributed by atoms with van der Waals surface area (Å²) in [5.74, 6) is 1.55. The second kappa shape index (κ2) is 7.66. The van der Waals surface area contributed by atoms with E-state index in [1.807, 2.05) is 0 Å². The van der Waals surface area contributed by atoms with Gasteiger partial charge in [-0.2, -0.15) is 0 Å². The fourth-order valence-electron chi connectivity index (χ4n) is 6.37. The maximum Gasteiger partial charge on any atom is 0.0635 e. The molecule has 0 aromatic heterocycles. The summed E-state index contributed by atoms with van der Waals surface area (Å²) >= 11 is 13.5. The highest BCUT2D eigenvalue weighted by molar-refractivity contribution is 6.24. The van der Waals surface area contributed by atoms with Crippen LogP contribution in [0.3, 0.4) is 0 Å². The van der Waals surface area contributed by atoms with E-state index in [-0.39, 0.29) is 16.9 Å². The third-order valence-electron chi connectivity index (χ3n) is 7.61. The van der Waals surface area contributed by atoms with Crippen molar-refractivity contribution in [3.05, 3.63) is 0 Å². The Balaban J connectivity index is 1.42. The van der Waals surface area contributed by atoms with E-state index < -0.39 is 0 Å². The molecule has 0 aromatic carbocycles. The summed E-state index contributed by atoms with van der Waals surface area (Å²) < 4.78 is 0. The Morgan fingerprint density at radius 3 is 1.65 bits per heavy atom. The average Bonchev–Trinajstić information content (AvgIpc) is 3.02. The van der Waals surface area contributed by atoms with Gasteiger partial charge in [0.15, 0.2) is 0 Å². The predicted octanol–water partition coefficient (Wildman–Crippen LogP) is 1.51. The lowest BCUT2D eigenvalue weighted by atomic mass is 9.80. The van der Waals surface area contributed by atoms with Crippen molar-refractivity contribution >= 4 is 23.2 Å². The first-order valence-corrected chi connectivity index (χ1v) is 11.6. The lowest BCUT2D eigenvalue weighted by Crippen LogP contribution is -2.62. The third kappa shape index (κ3) is 3.22. The van der Waals surface area contributed by atoms with Gasteiger partial charge in [-0.3, -0.25) is 16.0 Å². The molecule has 5 rings (SSSR count). The van der Waals surface area contributed by atoms with Gasteiger partial charge in [0.1, 0.15) is 0 Å². The number of alkyl halides is 2. The summed E-state index contributed by atoms with van der Waals surface area (Å²) in [5.41, 5.74) is 0. The maximum absolute atomic E-state index is 6.76. The van der Waals surface area contributed by atoms with Crippen LogP contribution in [-0.2, 0) is 0 Å². The lowest BCUT2D eigenvalue weighted by Gasteiger charge is -2.40. The van der Waals surface area contributed by atoms with Gasteiger partial charge in [-0.15, -0.1) is 23.2 Å². The molecule has 5 nitrogen and oxygen atoms in total. The molecular formula is C19H33Cl2N5. The zero-order chi connectivity index (χ0) is 17.7. The maximum atomic E-state index is 6.76. The van der Waals surface area contributed by atoms with Crippen molar-refractivity contribution in [1.29, 1.82) is 0 Å². The van der Waals surface area contributed by atoms with Crippen molar-refractivity contribution in [2.45, 2.75) is 86.3 Å². The monoisotopic (exact) mass is 401 g/mol. The van der Waals surface area contributed by atoms with Gasteiger partial charge in [-0.1, -0.05) is 6.42 Å². The molecule has 4 heterocycles. The summed E-state index contributed by atoms with van der Waals surface area (Å²) in [5, 5.41) is 19.8. The van der Waals surface area contributed by atoms with E-state index in [0.29, 0.717) is 42.2 Å². The smallest absolute Gasteiger partial charge is 0.0635 e. The standard InChI is InChI=1S/C19H33Cl2N5/c20-12-6-1-7-13(21)14(12)19-24-15-10-4-2-8-22-17(10)26-18-11(16(15)25-19)5-3-9-23-18/h10-19,22-26H,1-9H2. The molecule has 7 heteroatoms. The van der Waals surface area contributed by atoms with Gasteiger partial charge >= 0.3 is 0 Å². The van der Waals surface area contributed by atoms with Crippen LogP contribution in [0.5, 0.6) is 0 Å². The fraction of sp³-hybridized carbons (Fsp3) is 1.00. The Kier molecular flexibility index (Phi) is 5.42. The van der Waals surface area contributed by atoms with Crippen LogP contribution in [0.4, 0.5) is 0 Å². The zero-order valence-electron chi connectivity index (χ0n) is 15.4. The minimum Gasteiger partial charge on any atom is -0.302 e. The lowest BCUT2D eigenvalue weighted by molar-refractivity contribution is 0.171. The van der Waals surface area contributed by atoms with Crippen LogP contribution in [0.25, 0.3) is 0 Å². The summed E-state index contributed by atoms with van der Waals surface area (Å²) in [6, 6.07) is 0.990. The number of nitrogens with one attached hydrogen (secondary N) is 5. The zero-order valence-corrected chi connectivity index (χ0v) is 16.9. The second-order valence-electron chi connectivity index (χ2n) is 9.05. The summed E-state index contributed by atoms with van der Waals surface area (Å²) in [7, 11) is 0. The summed E-state index contributed by atoms with van der Waals surface area (Å²) in [4.78, 5) is 0. The minimum absolute atomic E-state index is 0.178. The molecule has 1 saturated carbocycles. The van der Waals surface area contributed by atoms with E-state index in [9.17, 15) is 0 Å². The molecule has 5 fully saturated rings. The quantitative estimate of drug-likeness (QED) is 0.431. The molecular weight excluding hydrogens is 369 g/mol. The molecule has 148 valence electrons. The number of rotatable bonds is 1. The van der Waals surface area contributed by atoms with E-state index >= 15 is 0 Å². The summed E-state index contributed by atoms with van der Waals surface area (Å²) in [6.45, 7) is 2.24. The molecule has 1 aliphatic carbocycles. The van der Waals surface area contributed by atoms with Gasteiger partial charge < -0.3 is 10.6 Å². The molecule has 0 bridgehead atoms. The van der Waals surface area contributed by atoms with Crippen molar-refractivity contribution in [2.75, 3.05) is 13.1 Å². The Morgan fingerprint density at radius 2 is 1.12 bits per heavy atom. The first-order valence-electron chi connectivity index (χ1n) is 10.8. The molecule has 5 aliphatic rings. The van der Waals surface area contributed by atoms with Crippen molar-refractivity contribution in [3.63, 3.8) is 0 Å². The largest absolute Gasteiger partial charge is 0.302 e. The first-order chi connectivity index (χ1) is 12.7. The average molecular weight is 402 g/mol. The highest BCUT2D eigenvalue weighted by atomic mass is 35.5. The fourth-order valence-corrected chi connectivity index (χ4v) is 7.39. The van der Waals surface area contributed by atoms with Crippen LogP contribution in [0.1, 0.15) is 44.9 Å². The van der Waals surface area contributed by atoms with Crippen molar-refractivity contribution in [1.82, 2.24) is 26.6 Å². The van der Waals surface area contributed by atoms with E-state index in [1.165, 1.54) is 25.7 Å². The van der Waals surface area contributed by atoms with Crippen LogP contribution in [0.2, 0.25) is 0 Å². The molecule has 0 spiro atoms. The van der Waals surface area contributed by atoms with Crippen LogP contribution in [-0.4, -0.2) is 54.4 Å². The van der Waals surface area contributed by atoms with Crippen LogP contribution in [0, 0.1) is 17.8 Å². The first kappa shape index (κ1) is 18.4. The van der Waals surface area contributed by atoms with Gasteiger partial charge in [-0.25, -0.2) is 0 Å². The van der Waals surface area contributed by atoms with Gasteiger partial charge in [0.05, 0.1) is 18.5 Å². The minimum atomic E-state index is 0.178. The highest BCUT2D eigenvalue weighted by Crippen LogP contribution is 2.40. The number of hydrogen-bond donors (Lipinski definition) is 5. The Labute approximate surface area is 167 Å². The Hall–Kier alpha value is 0.380. The molecule has 4 aliphatic heterocycles. The van der Waals surface area contributed by atoms with E-state index in [2.05, 4.69) is 26.6 Å². The van der Waals surface area contributed by atoms with E-state index in [1.54, 1.807) is 0 Å². The number of hydrogen-bond acceptors (Lipinski definition) is 5. The van der Waals surface area contributed by atoms with Gasteiger partial charge in [0.25, 0.3) is 0 Å². The molecule has 0 radical (unpaired) electrons. The Bertz CT molecular complexity index is 468. The molecule has 8 unspecified atom stereocenters. The third-order valence-corrected chi connectivity index (χ3v) is 8.62. The van der Waals surface area contributed by atoms with Gasteiger partial charge in [0.2, 0.25) is 0 Å². The van der Waals surface area contributed by atoms with Gasteiger partial charge in [-0.05, 0) is 51.6 Å². The molecule has 0 amide bonds. The molecule has 26 heavy (non-hydrogen) atoms. The predicted molar refractivity (Wildman–Crippen MR) is 106 cm³/mol. The van der Waals surface area contributed by atoms with Crippen molar-refractivity contribution in [3.8, 4) is 0 Å². The molecule has 8 atom stereocenters. The topological polar surface area (TPSA) is 60.1 Å². The van der Waals surface area contributed by atoms with Crippen LogP contribution in [0.15, 0.2) is 0 Å². The van der Waals surface area contributed by atoms with Crippen LogP contribution >= 0.6 is 23.2 Å². The Morgan fingerprint density at radius 1 is 0.577 bits per heavy atom. The number of fused-ring (bicyclic) bond motifs is 5. The second-order valence-corrected chi connectivity index (χ2v) is 10.2. The number of halogens is 2. The summed E-state index contributed by atoms with van der Waals surface area (Å²) in [6.07, 6.45) is 9.48. The normalized spacial score (nSPS) is 54.7. The van der Waals surface area contributed by atoms with Crippen molar-refractivity contribution < 1.29 is 0 Å². The van der Waals surface area contributed by atoms with E-state index in [4.69, 9.17) is 23.2 Å². The molecule has 4 saturated heterocycles. The van der Waals surface area contributed by atoms with Crippen molar-refractivity contribution in [2.24, 2.45) is 17.8 Å². The highest BCUT2D eigenvalue weighted by Gasteiger charge is 2.53.